The highest BCUT2D eigenvalue weighted by molar-refractivity contribution is 5.25. The van der Waals surface area contributed by atoms with Crippen LogP contribution in [0, 0.1) is 11.3 Å². The second-order valence-corrected chi connectivity index (χ2v) is 4.79. The van der Waals surface area contributed by atoms with Gasteiger partial charge in [-0.15, -0.1) is 0 Å². The van der Waals surface area contributed by atoms with Gasteiger partial charge in [-0.1, -0.05) is 6.42 Å². The van der Waals surface area contributed by atoms with Gasteiger partial charge >= 0.3 is 0 Å². The van der Waals surface area contributed by atoms with Crippen LogP contribution in [0.25, 0.3) is 0 Å². The molecule has 0 spiro atoms. The van der Waals surface area contributed by atoms with Crippen LogP contribution < -0.4 is 0 Å². The fourth-order valence-electron chi connectivity index (χ4n) is 2.61. The molecule has 1 N–H and O–H groups in total. The third-order valence-corrected chi connectivity index (χ3v) is 3.54. The van der Waals surface area contributed by atoms with Gasteiger partial charge in [-0.05, 0) is 43.5 Å². The van der Waals surface area contributed by atoms with Gasteiger partial charge in [0, 0.05) is 25.4 Å². The first kappa shape index (κ1) is 13.0. The molecule has 2 heterocycles. The SMILES string of the molecule is N#Cc1cc(CN2CCCCC2CCO)ccn1. The topological polar surface area (TPSA) is 60.2 Å². The second-order valence-electron chi connectivity index (χ2n) is 4.79. The minimum absolute atomic E-state index is 0.251. The molecule has 1 aromatic heterocycles. The minimum atomic E-state index is 0.251. The first-order valence-electron chi connectivity index (χ1n) is 6.53. The summed E-state index contributed by atoms with van der Waals surface area (Å²) in [6, 6.07) is 6.36. The number of nitrogens with zero attached hydrogens (tertiary/aromatic N) is 3. The largest absolute Gasteiger partial charge is 0.396 e. The zero-order valence-electron chi connectivity index (χ0n) is 10.5. The maximum atomic E-state index is 9.10. The molecule has 0 radical (unpaired) electrons. The van der Waals surface area contributed by atoms with Gasteiger partial charge in [0.1, 0.15) is 11.8 Å². The molecular formula is C14H19N3O. The van der Waals surface area contributed by atoms with Crippen molar-refractivity contribution in [1.82, 2.24) is 9.88 Å². The smallest absolute Gasteiger partial charge is 0.140 e. The van der Waals surface area contributed by atoms with Crippen molar-refractivity contribution in [2.45, 2.75) is 38.3 Å². The molecule has 0 aliphatic carbocycles. The Hall–Kier alpha value is -1.44. The van der Waals surface area contributed by atoms with Crippen molar-refractivity contribution in [2.24, 2.45) is 0 Å². The predicted octanol–water partition coefficient (Wildman–Crippen LogP) is 1.69. The number of piperidine rings is 1. The first-order valence-corrected chi connectivity index (χ1v) is 6.53. The molecule has 4 heteroatoms. The van der Waals surface area contributed by atoms with Crippen LogP contribution in [0.3, 0.4) is 0 Å². The quantitative estimate of drug-likeness (QED) is 0.877. The van der Waals surface area contributed by atoms with Crippen LogP contribution >= 0.6 is 0 Å². The molecule has 1 aliphatic heterocycles. The monoisotopic (exact) mass is 245 g/mol. The van der Waals surface area contributed by atoms with E-state index < -0.39 is 0 Å². The van der Waals surface area contributed by atoms with E-state index >= 15 is 0 Å². The zero-order valence-corrected chi connectivity index (χ0v) is 10.5. The van der Waals surface area contributed by atoms with E-state index in [1.165, 1.54) is 12.8 Å². The molecule has 4 nitrogen and oxygen atoms in total. The first-order chi connectivity index (χ1) is 8.83. The van der Waals surface area contributed by atoms with Crippen LogP contribution in [0.4, 0.5) is 0 Å². The van der Waals surface area contributed by atoms with Crippen molar-refractivity contribution in [3.63, 3.8) is 0 Å². The highest BCUT2D eigenvalue weighted by Gasteiger charge is 2.21. The molecule has 0 bridgehead atoms. The molecule has 1 aromatic rings. The molecule has 18 heavy (non-hydrogen) atoms. The standard InChI is InChI=1S/C14H19N3O/c15-10-13-9-12(4-6-16-13)11-17-7-2-1-3-14(17)5-8-18/h4,6,9,14,18H,1-3,5,7-8,11H2. The van der Waals surface area contributed by atoms with Crippen LogP contribution in [0.2, 0.25) is 0 Å². The number of pyridine rings is 1. The Morgan fingerprint density at radius 3 is 3.17 bits per heavy atom. The van der Waals surface area contributed by atoms with Crippen LogP contribution in [0.5, 0.6) is 0 Å². The highest BCUT2D eigenvalue weighted by atomic mass is 16.3. The zero-order chi connectivity index (χ0) is 12.8. The summed E-state index contributed by atoms with van der Waals surface area (Å²) in [6.07, 6.45) is 6.17. The van der Waals surface area contributed by atoms with Gasteiger partial charge in [0.15, 0.2) is 0 Å². The third kappa shape index (κ3) is 3.28. The van der Waals surface area contributed by atoms with Crippen molar-refractivity contribution < 1.29 is 5.11 Å². The predicted molar refractivity (Wildman–Crippen MR) is 68.7 cm³/mol. The van der Waals surface area contributed by atoms with Crippen molar-refractivity contribution in [2.75, 3.05) is 13.2 Å². The molecular weight excluding hydrogens is 226 g/mol. The lowest BCUT2D eigenvalue weighted by molar-refractivity contribution is 0.112. The fraction of sp³-hybridized carbons (Fsp3) is 0.571. The number of aliphatic hydroxyl groups excluding tert-OH is 1. The number of nitriles is 1. The van der Waals surface area contributed by atoms with Gasteiger partial charge in [0.25, 0.3) is 0 Å². The molecule has 1 unspecified atom stereocenters. The molecule has 1 fully saturated rings. The van der Waals surface area contributed by atoms with Crippen molar-refractivity contribution in [3.05, 3.63) is 29.6 Å². The summed E-state index contributed by atoms with van der Waals surface area (Å²) in [5, 5.41) is 17.9. The minimum Gasteiger partial charge on any atom is -0.396 e. The van der Waals surface area contributed by atoms with E-state index in [-0.39, 0.29) is 6.61 Å². The Morgan fingerprint density at radius 1 is 1.50 bits per heavy atom. The maximum Gasteiger partial charge on any atom is 0.140 e. The molecule has 2 rings (SSSR count). The average molecular weight is 245 g/mol. The van der Waals surface area contributed by atoms with Gasteiger partial charge in [0.2, 0.25) is 0 Å². The number of hydrogen-bond acceptors (Lipinski definition) is 4. The van der Waals surface area contributed by atoms with Gasteiger partial charge in [-0.2, -0.15) is 5.26 Å². The Morgan fingerprint density at radius 2 is 2.39 bits per heavy atom. The van der Waals surface area contributed by atoms with Crippen LogP contribution in [-0.4, -0.2) is 34.2 Å². The molecule has 1 aliphatic rings. The summed E-state index contributed by atoms with van der Waals surface area (Å²) in [6.45, 7) is 2.18. The van der Waals surface area contributed by atoms with Gasteiger partial charge in [-0.25, -0.2) is 4.98 Å². The van der Waals surface area contributed by atoms with E-state index in [9.17, 15) is 0 Å². The summed E-state index contributed by atoms with van der Waals surface area (Å²) < 4.78 is 0. The van der Waals surface area contributed by atoms with E-state index in [0.717, 1.165) is 31.5 Å². The van der Waals surface area contributed by atoms with E-state index in [4.69, 9.17) is 10.4 Å². The van der Waals surface area contributed by atoms with Crippen LogP contribution in [0.15, 0.2) is 18.3 Å². The Kier molecular flexibility index (Phi) is 4.68. The molecule has 0 amide bonds. The third-order valence-electron chi connectivity index (χ3n) is 3.54. The molecule has 1 atom stereocenters. The number of aromatic nitrogens is 1. The Labute approximate surface area is 108 Å². The van der Waals surface area contributed by atoms with E-state index in [0.29, 0.717) is 11.7 Å². The lowest BCUT2D eigenvalue weighted by Crippen LogP contribution is -2.39. The lowest BCUT2D eigenvalue weighted by atomic mass is 9.99. The number of rotatable bonds is 4. The maximum absolute atomic E-state index is 9.10. The number of hydrogen-bond donors (Lipinski definition) is 1. The summed E-state index contributed by atoms with van der Waals surface area (Å²) in [4.78, 5) is 6.40. The second kappa shape index (κ2) is 6.48. The Bertz CT molecular complexity index is 425. The van der Waals surface area contributed by atoms with Crippen molar-refractivity contribution >= 4 is 0 Å². The van der Waals surface area contributed by atoms with Crippen LogP contribution in [-0.2, 0) is 6.54 Å². The van der Waals surface area contributed by atoms with Crippen molar-refractivity contribution in [1.29, 1.82) is 5.26 Å². The normalized spacial score (nSPS) is 20.6. The van der Waals surface area contributed by atoms with Crippen molar-refractivity contribution in [3.8, 4) is 6.07 Å². The lowest BCUT2D eigenvalue weighted by Gasteiger charge is -2.35. The van der Waals surface area contributed by atoms with Gasteiger partial charge in [0.05, 0.1) is 0 Å². The summed E-state index contributed by atoms with van der Waals surface area (Å²) in [5.74, 6) is 0. The fourth-order valence-corrected chi connectivity index (χ4v) is 2.61. The summed E-state index contributed by atoms with van der Waals surface area (Å²) >= 11 is 0. The summed E-state index contributed by atoms with van der Waals surface area (Å²) in [7, 11) is 0. The Balaban J connectivity index is 2.03. The molecule has 0 aromatic carbocycles. The molecule has 0 saturated carbocycles. The number of aliphatic hydroxyl groups is 1. The average Bonchev–Trinajstić information content (AvgIpc) is 2.41. The van der Waals surface area contributed by atoms with E-state index in [2.05, 4.69) is 16.0 Å². The summed E-state index contributed by atoms with van der Waals surface area (Å²) in [5.41, 5.74) is 1.61. The highest BCUT2D eigenvalue weighted by Crippen LogP contribution is 2.21. The van der Waals surface area contributed by atoms with E-state index in [1.807, 2.05) is 12.1 Å². The van der Waals surface area contributed by atoms with Gasteiger partial charge < -0.3 is 5.11 Å². The molecule has 96 valence electrons. The van der Waals surface area contributed by atoms with E-state index in [1.54, 1.807) is 6.20 Å². The molecule has 1 saturated heterocycles. The van der Waals surface area contributed by atoms with Gasteiger partial charge in [-0.3, -0.25) is 4.90 Å². The van der Waals surface area contributed by atoms with Crippen LogP contribution in [0.1, 0.15) is 36.9 Å². The number of likely N-dealkylation sites (tertiary alicyclic amines) is 1.